The van der Waals surface area contributed by atoms with Crippen molar-refractivity contribution >= 4 is 33.2 Å². The Balaban J connectivity index is 1.94. The molecular weight excluding hydrogens is 374 g/mol. The fraction of sp³-hybridized carbons (Fsp3) is 0.294. The Morgan fingerprint density at radius 2 is 1.69 bits per heavy atom. The van der Waals surface area contributed by atoms with Gasteiger partial charge in [-0.25, -0.2) is 8.42 Å². The minimum atomic E-state index is -3.78. The Kier molecular flexibility index (Phi) is 6.17. The third-order valence-electron chi connectivity index (χ3n) is 3.80. The van der Waals surface area contributed by atoms with E-state index in [9.17, 15) is 18.0 Å². The molecule has 0 bridgehead atoms. The highest BCUT2D eigenvalue weighted by atomic mass is 32.2. The summed E-state index contributed by atoms with van der Waals surface area (Å²) in [6.07, 6.45) is 0. The van der Waals surface area contributed by atoms with Crippen molar-refractivity contribution in [2.24, 2.45) is 0 Å². The van der Waals surface area contributed by atoms with Gasteiger partial charge in [0.25, 0.3) is 11.8 Å². The van der Waals surface area contributed by atoms with Crippen LogP contribution in [0.5, 0.6) is 0 Å². The van der Waals surface area contributed by atoms with Gasteiger partial charge in [0.1, 0.15) is 0 Å². The summed E-state index contributed by atoms with van der Waals surface area (Å²) in [5.41, 5.74) is 6.46. The Morgan fingerprint density at radius 3 is 2.23 bits per heavy atom. The number of thiophene rings is 1. The fourth-order valence-electron chi connectivity index (χ4n) is 2.09. The zero-order valence-electron chi connectivity index (χ0n) is 15.0. The van der Waals surface area contributed by atoms with E-state index in [0.717, 1.165) is 20.3 Å². The highest BCUT2D eigenvalue weighted by molar-refractivity contribution is 7.89. The van der Waals surface area contributed by atoms with Crippen LogP contribution in [-0.2, 0) is 14.8 Å². The quantitative estimate of drug-likeness (QED) is 0.754. The minimum absolute atomic E-state index is 0.104. The molecule has 7 nitrogen and oxygen atoms in total. The van der Waals surface area contributed by atoms with E-state index in [1.54, 1.807) is 18.2 Å². The van der Waals surface area contributed by atoms with Gasteiger partial charge in [-0.2, -0.15) is 4.31 Å². The Labute approximate surface area is 157 Å². The van der Waals surface area contributed by atoms with Crippen molar-refractivity contribution in [3.05, 3.63) is 51.2 Å². The molecule has 0 saturated carbocycles. The number of hydrogen-bond acceptors (Lipinski definition) is 5. The fourth-order valence-corrected chi connectivity index (χ4v) is 4.15. The number of hydrogen-bond donors (Lipinski definition) is 2. The van der Waals surface area contributed by atoms with Gasteiger partial charge in [-0.15, -0.1) is 11.3 Å². The largest absolute Gasteiger partial charge is 0.279 e. The smallest absolute Gasteiger partial charge is 0.272 e. The molecular formula is C17H21N3O4S2. The van der Waals surface area contributed by atoms with E-state index in [-0.39, 0.29) is 4.90 Å². The lowest BCUT2D eigenvalue weighted by molar-refractivity contribution is -0.121. The molecule has 2 rings (SSSR count). The molecule has 0 fully saturated rings. The number of nitrogens with zero attached hydrogens (tertiary/aromatic N) is 1. The summed E-state index contributed by atoms with van der Waals surface area (Å²) in [7, 11) is -2.47. The predicted molar refractivity (Wildman–Crippen MR) is 100 cm³/mol. The van der Waals surface area contributed by atoms with Crippen LogP contribution in [-0.4, -0.2) is 38.1 Å². The topological polar surface area (TPSA) is 95.6 Å². The van der Waals surface area contributed by atoms with Gasteiger partial charge in [0.15, 0.2) is 0 Å². The number of amides is 2. The summed E-state index contributed by atoms with van der Waals surface area (Å²) in [4.78, 5) is 25.6. The van der Waals surface area contributed by atoms with Gasteiger partial charge < -0.3 is 0 Å². The number of nitrogens with one attached hydrogen (secondary N) is 2. The van der Waals surface area contributed by atoms with Gasteiger partial charge in [0.05, 0.1) is 16.3 Å². The number of carbonyl (C=O) groups excluding carboxylic acids is 2. The van der Waals surface area contributed by atoms with Crippen LogP contribution in [0.1, 0.15) is 25.7 Å². The number of hydrazine groups is 1. The van der Waals surface area contributed by atoms with Crippen LogP contribution in [0.25, 0.3) is 0 Å². The maximum absolute atomic E-state index is 12.4. The molecule has 0 aliphatic heterocycles. The van der Waals surface area contributed by atoms with Crippen molar-refractivity contribution in [3.8, 4) is 0 Å². The van der Waals surface area contributed by atoms with Crippen LogP contribution in [0.4, 0.5) is 0 Å². The highest BCUT2D eigenvalue weighted by Crippen LogP contribution is 2.20. The Hall–Kier alpha value is -2.23. The molecule has 26 heavy (non-hydrogen) atoms. The number of benzene rings is 1. The maximum Gasteiger partial charge on any atom is 0.279 e. The third kappa shape index (κ3) is 4.69. The molecule has 1 aromatic carbocycles. The van der Waals surface area contributed by atoms with Crippen LogP contribution < -0.4 is 10.9 Å². The van der Waals surface area contributed by atoms with Gasteiger partial charge in [-0.3, -0.25) is 20.4 Å². The van der Waals surface area contributed by atoms with Crippen LogP contribution in [0, 0.1) is 20.8 Å². The van der Waals surface area contributed by atoms with E-state index >= 15 is 0 Å². The van der Waals surface area contributed by atoms with E-state index in [1.807, 2.05) is 20.8 Å². The van der Waals surface area contributed by atoms with Crippen molar-refractivity contribution in [1.82, 2.24) is 15.2 Å². The van der Waals surface area contributed by atoms with Crippen molar-refractivity contribution in [2.75, 3.05) is 13.6 Å². The first-order valence-corrected chi connectivity index (χ1v) is 10.1. The normalized spacial score (nSPS) is 11.4. The summed E-state index contributed by atoms with van der Waals surface area (Å²) >= 11 is 1.32. The number of sulfonamides is 1. The first-order valence-electron chi connectivity index (χ1n) is 7.80. The van der Waals surface area contributed by atoms with Gasteiger partial charge in [0, 0.05) is 11.9 Å². The van der Waals surface area contributed by atoms with Crippen molar-refractivity contribution in [2.45, 2.75) is 25.7 Å². The lowest BCUT2D eigenvalue weighted by atomic mass is 10.2. The monoisotopic (exact) mass is 395 g/mol. The molecule has 1 aromatic heterocycles. The average Bonchev–Trinajstić information content (AvgIpc) is 2.92. The molecule has 140 valence electrons. The van der Waals surface area contributed by atoms with Crippen LogP contribution in [0.15, 0.2) is 35.2 Å². The van der Waals surface area contributed by atoms with Crippen molar-refractivity contribution < 1.29 is 18.0 Å². The van der Waals surface area contributed by atoms with Gasteiger partial charge in [-0.1, -0.05) is 17.7 Å². The molecule has 0 spiro atoms. The lowest BCUT2D eigenvalue weighted by Crippen LogP contribution is -2.46. The number of rotatable bonds is 5. The summed E-state index contributed by atoms with van der Waals surface area (Å²) in [5, 5.41) is 0. The molecule has 2 aromatic rings. The molecule has 0 atom stereocenters. The second-order valence-corrected chi connectivity index (χ2v) is 9.23. The second kappa shape index (κ2) is 7.98. The summed E-state index contributed by atoms with van der Waals surface area (Å²) in [6.45, 7) is 5.23. The Morgan fingerprint density at radius 1 is 1.08 bits per heavy atom. The standard InChI is InChI=1S/C17H21N3O4S2/c1-11-5-7-14(8-6-11)26(23,24)20(4)10-16(21)18-19-17(22)15-9-12(2)13(3)25-15/h5-9H,10H2,1-4H3,(H,18,21)(H,19,22). The lowest BCUT2D eigenvalue weighted by Gasteiger charge is -2.17. The molecule has 2 amide bonds. The molecule has 9 heteroatoms. The molecule has 0 radical (unpaired) electrons. The summed E-state index contributed by atoms with van der Waals surface area (Å²) < 4.78 is 25.8. The van der Waals surface area contributed by atoms with Crippen LogP contribution in [0.3, 0.4) is 0 Å². The first-order chi connectivity index (χ1) is 12.1. The third-order valence-corrected chi connectivity index (χ3v) is 6.77. The zero-order chi connectivity index (χ0) is 19.5. The van der Waals surface area contributed by atoms with Gasteiger partial charge >= 0.3 is 0 Å². The number of carbonyl (C=O) groups is 2. The van der Waals surface area contributed by atoms with E-state index in [0.29, 0.717) is 4.88 Å². The van der Waals surface area contributed by atoms with Crippen molar-refractivity contribution in [3.63, 3.8) is 0 Å². The minimum Gasteiger partial charge on any atom is -0.272 e. The zero-order valence-corrected chi connectivity index (χ0v) is 16.6. The molecule has 2 N–H and O–H groups in total. The second-order valence-electron chi connectivity index (χ2n) is 5.93. The predicted octanol–water partition coefficient (Wildman–Crippen LogP) is 1.76. The molecule has 0 aliphatic carbocycles. The van der Waals surface area contributed by atoms with Gasteiger partial charge in [-0.05, 0) is 44.5 Å². The van der Waals surface area contributed by atoms with Crippen LogP contribution >= 0.6 is 11.3 Å². The average molecular weight is 396 g/mol. The van der Waals surface area contributed by atoms with E-state index in [4.69, 9.17) is 0 Å². The van der Waals surface area contributed by atoms with E-state index in [2.05, 4.69) is 10.9 Å². The maximum atomic E-state index is 12.4. The number of likely N-dealkylation sites (N-methyl/N-ethyl adjacent to an activating group) is 1. The highest BCUT2D eigenvalue weighted by Gasteiger charge is 2.23. The number of aryl methyl sites for hydroxylation is 3. The summed E-state index contributed by atoms with van der Waals surface area (Å²) in [5.74, 6) is -1.08. The first kappa shape index (κ1) is 20.1. The Bertz CT molecular complexity index is 898. The SMILES string of the molecule is Cc1ccc(S(=O)(=O)N(C)CC(=O)NNC(=O)c2cc(C)c(C)s2)cc1. The molecule has 0 unspecified atom stereocenters. The van der Waals surface area contributed by atoms with Crippen molar-refractivity contribution in [1.29, 1.82) is 0 Å². The summed E-state index contributed by atoms with van der Waals surface area (Å²) in [6, 6.07) is 8.08. The van der Waals surface area contributed by atoms with E-state index in [1.165, 1.54) is 30.5 Å². The molecule has 1 heterocycles. The van der Waals surface area contributed by atoms with Gasteiger partial charge in [0.2, 0.25) is 10.0 Å². The molecule has 0 aliphatic rings. The van der Waals surface area contributed by atoms with Crippen LogP contribution in [0.2, 0.25) is 0 Å². The van der Waals surface area contributed by atoms with E-state index < -0.39 is 28.4 Å². The molecule has 0 saturated heterocycles.